The van der Waals surface area contributed by atoms with Crippen LogP contribution in [0.3, 0.4) is 0 Å². The fourth-order valence-electron chi connectivity index (χ4n) is 2.24. The van der Waals surface area contributed by atoms with Gasteiger partial charge in [0, 0.05) is 23.9 Å². The van der Waals surface area contributed by atoms with Crippen molar-refractivity contribution < 1.29 is 17.6 Å². The number of ether oxygens (including phenoxy) is 1. The number of rotatable bonds is 9. The van der Waals surface area contributed by atoms with Crippen LogP contribution in [0.4, 0.5) is 0 Å². The van der Waals surface area contributed by atoms with Crippen molar-refractivity contribution in [2.45, 2.75) is 6.54 Å². The fourth-order valence-corrected chi connectivity index (χ4v) is 3.09. The quantitative estimate of drug-likeness (QED) is 0.631. The summed E-state index contributed by atoms with van der Waals surface area (Å²) < 4.78 is 38.6. The highest BCUT2D eigenvalue weighted by Gasteiger charge is 2.10. The Hall–Kier alpha value is -2.58. The molecule has 2 heterocycles. The zero-order valence-corrected chi connectivity index (χ0v) is 14.4. The van der Waals surface area contributed by atoms with Crippen molar-refractivity contribution in [3.8, 4) is 16.9 Å². The van der Waals surface area contributed by atoms with Crippen LogP contribution in [0.2, 0.25) is 0 Å². The molecule has 2 aromatic heterocycles. The summed E-state index contributed by atoms with van der Waals surface area (Å²) in [5, 5.41) is 4.21. The van der Waals surface area contributed by atoms with Gasteiger partial charge in [0.05, 0.1) is 31.0 Å². The highest BCUT2D eigenvalue weighted by molar-refractivity contribution is 7.89. The van der Waals surface area contributed by atoms with Crippen molar-refractivity contribution in [2.75, 3.05) is 18.9 Å². The molecule has 8 heteroatoms. The molecule has 0 aliphatic heterocycles. The predicted octanol–water partition coefficient (Wildman–Crippen LogP) is 2.14. The molecular weight excluding hydrogens is 342 g/mol. The smallest absolute Gasteiger partial charge is 0.215 e. The van der Waals surface area contributed by atoms with Gasteiger partial charge in [0.2, 0.25) is 10.0 Å². The molecule has 132 valence electrons. The summed E-state index contributed by atoms with van der Waals surface area (Å²) in [4.78, 5) is 0. The van der Waals surface area contributed by atoms with Gasteiger partial charge in [0.25, 0.3) is 0 Å². The summed E-state index contributed by atoms with van der Waals surface area (Å²) in [5.74, 6) is 0.558. The Labute approximate surface area is 146 Å². The van der Waals surface area contributed by atoms with E-state index in [9.17, 15) is 8.42 Å². The van der Waals surface area contributed by atoms with Crippen LogP contribution in [0.1, 0.15) is 0 Å². The van der Waals surface area contributed by atoms with Gasteiger partial charge in [-0.1, -0.05) is 18.2 Å². The molecule has 0 spiro atoms. The lowest BCUT2D eigenvalue weighted by molar-refractivity contribution is 0.340. The minimum absolute atomic E-state index is 0.0960. The standard InChI is InChI=1S/C17H19N3O4S/c21-25(22,11-10-24-17-4-2-1-3-5-17)19-7-8-20-13-16(12-18-20)15-6-9-23-14-15/h1-6,9,12-14,19H,7-8,10-11H2. The third kappa shape index (κ3) is 5.20. The van der Waals surface area contributed by atoms with Crippen molar-refractivity contribution in [1.82, 2.24) is 14.5 Å². The summed E-state index contributed by atoms with van der Waals surface area (Å²) in [5.41, 5.74) is 1.86. The Morgan fingerprint density at radius 1 is 1.16 bits per heavy atom. The van der Waals surface area contributed by atoms with Crippen LogP contribution in [-0.2, 0) is 16.6 Å². The van der Waals surface area contributed by atoms with E-state index in [4.69, 9.17) is 9.15 Å². The van der Waals surface area contributed by atoms with E-state index in [-0.39, 0.29) is 18.9 Å². The molecule has 0 aliphatic rings. The molecule has 0 amide bonds. The Morgan fingerprint density at radius 2 is 2.00 bits per heavy atom. The first-order chi connectivity index (χ1) is 12.1. The van der Waals surface area contributed by atoms with Crippen molar-refractivity contribution in [2.24, 2.45) is 0 Å². The third-order valence-electron chi connectivity index (χ3n) is 3.51. The van der Waals surface area contributed by atoms with Gasteiger partial charge in [-0.15, -0.1) is 0 Å². The number of nitrogens with zero attached hydrogens (tertiary/aromatic N) is 2. The lowest BCUT2D eigenvalue weighted by Crippen LogP contribution is -2.31. The van der Waals surface area contributed by atoms with Crippen LogP contribution in [-0.4, -0.2) is 37.1 Å². The summed E-state index contributed by atoms with van der Waals surface area (Å²) in [6, 6.07) is 11.0. The number of sulfonamides is 1. The van der Waals surface area contributed by atoms with E-state index < -0.39 is 10.0 Å². The summed E-state index contributed by atoms with van der Waals surface area (Å²) in [7, 11) is -3.39. The van der Waals surface area contributed by atoms with Crippen molar-refractivity contribution in [1.29, 1.82) is 0 Å². The second-order valence-electron chi connectivity index (χ2n) is 5.38. The number of furan rings is 1. The van der Waals surface area contributed by atoms with Crippen LogP contribution >= 0.6 is 0 Å². The fraction of sp³-hybridized carbons (Fsp3) is 0.235. The zero-order valence-electron chi connectivity index (χ0n) is 13.5. The molecular formula is C17H19N3O4S. The SMILES string of the molecule is O=S(=O)(CCOc1ccccc1)NCCn1cc(-c2ccoc2)cn1. The molecule has 0 unspecified atom stereocenters. The number of nitrogens with one attached hydrogen (secondary N) is 1. The van der Waals surface area contributed by atoms with Gasteiger partial charge in [-0.2, -0.15) is 5.10 Å². The first-order valence-corrected chi connectivity index (χ1v) is 9.48. The van der Waals surface area contributed by atoms with Gasteiger partial charge < -0.3 is 9.15 Å². The molecule has 0 radical (unpaired) electrons. The normalized spacial score (nSPS) is 11.5. The number of aromatic nitrogens is 2. The van der Waals surface area contributed by atoms with Gasteiger partial charge in [0.15, 0.2) is 0 Å². The molecule has 0 fully saturated rings. The maximum absolute atomic E-state index is 12.0. The Bertz CT molecular complexity index is 874. The second kappa shape index (κ2) is 8.00. The Kier molecular flexibility index (Phi) is 5.52. The molecule has 7 nitrogen and oxygen atoms in total. The lowest BCUT2D eigenvalue weighted by atomic mass is 10.2. The Balaban J connectivity index is 1.41. The predicted molar refractivity (Wildman–Crippen MR) is 93.7 cm³/mol. The van der Waals surface area contributed by atoms with E-state index in [0.717, 1.165) is 11.1 Å². The monoisotopic (exact) mass is 361 g/mol. The van der Waals surface area contributed by atoms with Gasteiger partial charge in [-0.3, -0.25) is 4.68 Å². The number of benzene rings is 1. The van der Waals surface area contributed by atoms with Crippen molar-refractivity contribution in [3.63, 3.8) is 0 Å². The van der Waals surface area contributed by atoms with Gasteiger partial charge >= 0.3 is 0 Å². The minimum Gasteiger partial charge on any atom is -0.492 e. The van der Waals surface area contributed by atoms with Gasteiger partial charge in [0.1, 0.15) is 12.4 Å². The van der Waals surface area contributed by atoms with Gasteiger partial charge in [-0.05, 0) is 18.2 Å². The van der Waals surface area contributed by atoms with Crippen molar-refractivity contribution >= 4 is 10.0 Å². The molecule has 0 bridgehead atoms. The third-order valence-corrected chi connectivity index (χ3v) is 4.86. The number of hydrogen-bond acceptors (Lipinski definition) is 5. The summed E-state index contributed by atoms with van der Waals surface area (Å²) in [6.45, 7) is 0.808. The lowest BCUT2D eigenvalue weighted by Gasteiger charge is -2.08. The average Bonchev–Trinajstić information content (AvgIpc) is 3.27. The zero-order chi connectivity index (χ0) is 17.5. The maximum Gasteiger partial charge on any atom is 0.215 e. The van der Waals surface area contributed by atoms with Crippen molar-refractivity contribution in [3.05, 3.63) is 61.3 Å². The molecule has 0 aliphatic carbocycles. The molecule has 0 saturated carbocycles. The average molecular weight is 361 g/mol. The molecule has 0 saturated heterocycles. The largest absolute Gasteiger partial charge is 0.492 e. The number of para-hydroxylation sites is 1. The molecule has 3 rings (SSSR count). The first kappa shape index (κ1) is 17.2. The molecule has 0 atom stereocenters. The molecule has 1 aromatic carbocycles. The van der Waals surface area contributed by atoms with Crippen LogP contribution in [0.25, 0.3) is 11.1 Å². The van der Waals surface area contributed by atoms with Crippen LogP contribution in [0.15, 0.2) is 65.7 Å². The molecule has 3 aromatic rings. The topological polar surface area (TPSA) is 86.4 Å². The van der Waals surface area contributed by atoms with Crippen LogP contribution in [0, 0.1) is 0 Å². The van der Waals surface area contributed by atoms with E-state index in [1.807, 2.05) is 30.5 Å². The van der Waals surface area contributed by atoms with E-state index in [2.05, 4.69) is 9.82 Å². The van der Waals surface area contributed by atoms with E-state index in [1.54, 1.807) is 35.5 Å². The highest BCUT2D eigenvalue weighted by Crippen LogP contribution is 2.18. The maximum atomic E-state index is 12.0. The van der Waals surface area contributed by atoms with E-state index in [1.165, 1.54) is 0 Å². The highest BCUT2D eigenvalue weighted by atomic mass is 32.2. The summed E-state index contributed by atoms with van der Waals surface area (Å²) >= 11 is 0. The van der Waals surface area contributed by atoms with Crippen LogP contribution < -0.4 is 9.46 Å². The molecule has 1 N–H and O–H groups in total. The molecule has 25 heavy (non-hydrogen) atoms. The van der Waals surface area contributed by atoms with Crippen LogP contribution in [0.5, 0.6) is 5.75 Å². The summed E-state index contributed by atoms with van der Waals surface area (Å²) in [6.07, 6.45) is 6.79. The van der Waals surface area contributed by atoms with E-state index >= 15 is 0 Å². The van der Waals surface area contributed by atoms with Gasteiger partial charge in [-0.25, -0.2) is 13.1 Å². The van der Waals surface area contributed by atoms with E-state index in [0.29, 0.717) is 12.3 Å². The first-order valence-electron chi connectivity index (χ1n) is 7.83. The Morgan fingerprint density at radius 3 is 2.76 bits per heavy atom. The second-order valence-corrected chi connectivity index (χ2v) is 7.31. The number of hydrogen-bond donors (Lipinski definition) is 1. The minimum atomic E-state index is -3.39.